The summed E-state index contributed by atoms with van der Waals surface area (Å²) in [5.74, 6) is -0.0529. The summed E-state index contributed by atoms with van der Waals surface area (Å²) in [6.07, 6.45) is 3.15. The van der Waals surface area contributed by atoms with Crippen LogP contribution < -0.4 is 0 Å². The molecule has 0 saturated carbocycles. The van der Waals surface area contributed by atoms with Gasteiger partial charge in [0.15, 0.2) is 5.78 Å². The molecule has 0 atom stereocenters. The Hall–Kier alpha value is -2.22. The Bertz CT molecular complexity index is 726. The molecular formula is C20H19FO. The van der Waals surface area contributed by atoms with Crippen molar-refractivity contribution in [3.05, 3.63) is 71.0 Å². The summed E-state index contributed by atoms with van der Waals surface area (Å²) in [5.41, 5.74) is 5.05. The van der Waals surface area contributed by atoms with Crippen LogP contribution in [0.2, 0.25) is 0 Å². The molecule has 0 fully saturated rings. The van der Waals surface area contributed by atoms with Gasteiger partial charge in [-0.05, 0) is 53.7 Å². The first-order valence-electron chi connectivity index (χ1n) is 7.81. The van der Waals surface area contributed by atoms with E-state index in [-0.39, 0.29) is 11.6 Å². The minimum atomic E-state index is -0.253. The van der Waals surface area contributed by atoms with Crippen molar-refractivity contribution >= 4 is 16.9 Å². The highest BCUT2D eigenvalue weighted by atomic mass is 19.1. The quantitative estimate of drug-likeness (QED) is 0.559. The lowest BCUT2D eigenvalue weighted by molar-refractivity contribution is -0.113. The second-order valence-corrected chi connectivity index (χ2v) is 5.65. The molecule has 0 bridgehead atoms. The summed E-state index contributed by atoms with van der Waals surface area (Å²) in [5, 5.41) is 0. The zero-order valence-electron chi connectivity index (χ0n) is 12.7. The molecule has 2 aromatic carbocycles. The van der Waals surface area contributed by atoms with E-state index in [4.69, 9.17) is 0 Å². The van der Waals surface area contributed by atoms with Crippen LogP contribution in [0.4, 0.5) is 4.39 Å². The summed E-state index contributed by atoms with van der Waals surface area (Å²) < 4.78 is 13.2. The fourth-order valence-corrected chi connectivity index (χ4v) is 3.20. The highest BCUT2D eigenvalue weighted by molar-refractivity contribution is 6.28. The maximum absolute atomic E-state index is 13.2. The number of Topliss-reactive ketones (excluding diaryl/α,β-unsaturated/α-hetero) is 1. The van der Waals surface area contributed by atoms with Crippen molar-refractivity contribution in [1.29, 1.82) is 0 Å². The third-order valence-electron chi connectivity index (χ3n) is 4.26. The Labute approximate surface area is 130 Å². The van der Waals surface area contributed by atoms with Crippen LogP contribution in [-0.4, -0.2) is 5.78 Å². The molecule has 1 nitrogen and oxygen atoms in total. The molecule has 1 aliphatic carbocycles. The van der Waals surface area contributed by atoms with E-state index in [2.05, 4.69) is 6.07 Å². The van der Waals surface area contributed by atoms with Gasteiger partial charge in [0.1, 0.15) is 5.82 Å². The number of hydrogen-bond donors (Lipinski definition) is 0. The van der Waals surface area contributed by atoms with Crippen LogP contribution in [0.25, 0.3) is 11.1 Å². The van der Waals surface area contributed by atoms with Crippen molar-refractivity contribution in [1.82, 2.24) is 0 Å². The van der Waals surface area contributed by atoms with E-state index < -0.39 is 0 Å². The summed E-state index contributed by atoms with van der Waals surface area (Å²) >= 11 is 0. The summed E-state index contributed by atoms with van der Waals surface area (Å²) in [6, 6.07) is 14.6. The smallest absolute Gasteiger partial charge is 0.163 e. The van der Waals surface area contributed by atoms with Gasteiger partial charge in [0.2, 0.25) is 0 Å². The third kappa shape index (κ3) is 2.74. The number of carbonyl (C=O) groups excluding carboxylic acids is 1. The minimum Gasteiger partial charge on any atom is -0.294 e. The highest BCUT2D eigenvalue weighted by Crippen LogP contribution is 2.35. The van der Waals surface area contributed by atoms with Gasteiger partial charge in [-0.3, -0.25) is 4.79 Å². The van der Waals surface area contributed by atoms with Crippen LogP contribution in [0.3, 0.4) is 0 Å². The topological polar surface area (TPSA) is 17.1 Å². The average Bonchev–Trinajstić information content (AvgIpc) is 2.69. The van der Waals surface area contributed by atoms with Gasteiger partial charge in [-0.25, -0.2) is 4.39 Å². The van der Waals surface area contributed by atoms with Crippen LogP contribution >= 0.6 is 0 Å². The van der Waals surface area contributed by atoms with E-state index >= 15 is 0 Å². The van der Waals surface area contributed by atoms with E-state index in [0.29, 0.717) is 6.42 Å². The fourth-order valence-electron chi connectivity index (χ4n) is 3.20. The number of hydrogen-bond acceptors (Lipinski definition) is 1. The predicted octanol–water partition coefficient (Wildman–Crippen LogP) is 5.05. The largest absolute Gasteiger partial charge is 0.294 e. The molecule has 1 aliphatic rings. The number of benzene rings is 2. The number of halogens is 1. The highest BCUT2D eigenvalue weighted by Gasteiger charge is 2.22. The van der Waals surface area contributed by atoms with Gasteiger partial charge in [0, 0.05) is 12.0 Å². The molecule has 0 radical (unpaired) electrons. The molecule has 0 aromatic heterocycles. The van der Waals surface area contributed by atoms with Crippen LogP contribution in [0.5, 0.6) is 0 Å². The molecule has 2 aromatic rings. The lowest BCUT2D eigenvalue weighted by Gasteiger charge is -2.15. The molecule has 22 heavy (non-hydrogen) atoms. The maximum Gasteiger partial charge on any atom is 0.163 e. The Morgan fingerprint density at radius 2 is 1.77 bits per heavy atom. The van der Waals surface area contributed by atoms with Crippen molar-refractivity contribution in [2.75, 3.05) is 0 Å². The van der Waals surface area contributed by atoms with E-state index in [1.807, 2.05) is 25.1 Å². The van der Waals surface area contributed by atoms with E-state index in [9.17, 15) is 9.18 Å². The second-order valence-electron chi connectivity index (χ2n) is 5.65. The molecule has 0 amide bonds. The lowest BCUT2D eigenvalue weighted by Crippen LogP contribution is -2.04. The number of allylic oxidation sites excluding steroid dienone is 2. The van der Waals surface area contributed by atoms with Crippen molar-refractivity contribution in [2.45, 2.75) is 32.6 Å². The van der Waals surface area contributed by atoms with E-state index in [1.165, 1.54) is 17.7 Å². The predicted molar refractivity (Wildman–Crippen MR) is 87.9 cm³/mol. The van der Waals surface area contributed by atoms with Gasteiger partial charge in [-0.2, -0.15) is 0 Å². The number of aryl methyl sites for hydroxylation is 1. The van der Waals surface area contributed by atoms with Gasteiger partial charge < -0.3 is 0 Å². The van der Waals surface area contributed by atoms with Crippen molar-refractivity contribution in [3.8, 4) is 0 Å². The normalized spacial score (nSPS) is 16.9. The molecular weight excluding hydrogens is 275 g/mol. The van der Waals surface area contributed by atoms with Crippen LogP contribution in [0, 0.1) is 5.82 Å². The first-order valence-corrected chi connectivity index (χ1v) is 7.81. The molecule has 0 saturated heterocycles. The van der Waals surface area contributed by atoms with Crippen LogP contribution in [0.1, 0.15) is 42.9 Å². The molecule has 0 unspecified atom stereocenters. The van der Waals surface area contributed by atoms with Gasteiger partial charge >= 0.3 is 0 Å². The molecule has 2 heteroatoms. The number of carbonyl (C=O) groups is 1. The Balaban J connectivity index is 2.24. The van der Waals surface area contributed by atoms with Crippen LogP contribution in [-0.2, 0) is 11.2 Å². The minimum absolute atomic E-state index is 0.200. The first kappa shape index (κ1) is 14.7. The summed E-state index contributed by atoms with van der Waals surface area (Å²) in [4.78, 5) is 12.7. The monoisotopic (exact) mass is 294 g/mol. The van der Waals surface area contributed by atoms with Gasteiger partial charge in [0.05, 0.1) is 0 Å². The lowest BCUT2D eigenvalue weighted by atomic mass is 9.88. The fraction of sp³-hybridized carbons (Fsp3) is 0.250. The van der Waals surface area contributed by atoms with Gasteiger partial charge in [0.25, 0.3) is 0 Å². The van der Waals surface area contributed by atoms with Crippen LogP contribution in [0.15, 0.2) is 48.5 Å². The Morgan fingerprint density at radius 3 is 2.50 bits per heavy atom. The van der Waals surface area contributed by atoms with E-state index in [0.717, 1.165) is 41.5 Å². The number of rotatable bonds is 2. The Kier molecular flexibility index (Phi) is 4.19. The summed E-state index contributed by atoms with van der Waals surface area (Å²) in [7, 11) is 0. The van der Waals surface area contributed by atoms with Gasteiger partial charge in [-0.1, -0.05) is 43.3 Å². The Morgan fingerprint density at radius 1 is 1.05 bits per heavy atom. The van der Waals surface area contributed by atoms with Gasteiger partial charge in [-0.15, -0.1) is 0 Å². The number of ketones is 1. The standard InChI is InChI=1S/C20H19FO/c1-2-17(15-10-12-16(21)13-11-15)20-18-8-4-3-6-14(18)7-5-9-19(20)22/h3-4,6,8,10-13H,2,5,7,9H2,1H3/b20-17-. The van der Waals surface area contributed by atoms with Crippen molar-refractivity contribution < 1.29 is 9.18 Å². The molecule has 3 rings (SSSR count). The summed E-state index contributed by atoms with van der Waals surface area (Å²) in [6.45, 7) is 2.05. The second kappa shape index (κ2) is 6.27. The third-order valence-corrected chi connectivity index (χ3v) is 4.26. The van der Waals surface area contributed by atoms with Crippen molar-refractivity contribution in [3.63, 3.8) is 0 Å². The SMILES string of the molecule is CC/C(=C1/C(=O)CCCc2ccccc21)c1ccc(F)cc1. The molecule has 112 valence electrons. The molecule has 0 aliphatic heterocycles. The molecule has 0 heterocycles. The average molecular weight is 294 g/mol. The van der Waals surface area contributed by atoms with Crippen molar-refractivity contribution in [2.24, 2.45) is 0 Å². The molecule has 0 N–H and O–H groups in total. The first-order chi connectivity index (χ1) is 10.7. The number of fused-ring (bicyclic) bond motifs is 1. The zero-order chi connectivity index (χ0) is 15.5. The van der Waals surface area contributed by atoms with E-state index in [1.54, 1.807) is 12.1 Å². The maximum atomic E-state index is 13.2. The molecule has 0 spiro atoms. The zero-order valence-corrected chi connectivity index (χ0v) is 12.7.